The highest BCUT2D eigenvalue weighted by molar-refractivity contribution is 8.01. The van der Waals surface area contributed by atoms with Gasteiger partial charge < -0.3 is 10.6 Å². The molecular weight excluding hydrogens is 308 g/mol. The Kier molecular flexibility index (Phi) is 6.23. The summed E-state index contributed by atoms with van der Waals surface area (Å²) in [5.74, 6) is 0.0135. The van der Waals surface area contributed by atoms with Crippen LogP contribution in [0.5, 0.6) is 0 Å². The van der Waals surface area contributed by atoms with Crippen LogP contribution >= 0.6 is 11.8 Å². The number of benzene rings is 2. The zero-order valence-corrected chi connectivity index (χ0v) is 14.0. The maximum absolute atomic E-state index is 12.1. The Balaban J connectivity index is 1.76. The number of hydrogen-bond donors (Lipinski definition) is 2. The van der Waals surface area contributed by atoms with Crippen LogP contribution in [0, 0.1) is 6.92 Å². The van der Waals surface area contributed by atoms with Crippen molar-refractivity contribution >= 4 is 35.0 Å². The average Bonchev–Trinajstić information content (AvgIpc) is 2.55. The molecule has 1 atom stereocenters. The summed E-state index contributed by atoms with van der Waals surface area (Å²) in [5, 5.41) is 5.34. The van der Waals surface area contributed by atoms with Gasteiger partial charge in [0.1, 0.15) is 0 Å². The van der Waals surface area contributed by atoms with Crippen LogP contribution in [0.15, 0.2) is 54.6 Å². The minimum absolute atomic E-state index is 0.107. The first-order valence-electron chi connectivity index (χ1n) is 7.38. The highest BCUT2D eigenvalue weighted by atomic mass is 32.2. The van der Waals surface area contributed by atoms with E-state index in [4.69, 9.17) is 0 Å². The quantitative estimate of drug-likeness (QED) is 0.850. The number of thioether (sulfide) groups is 1. The lowest BCUT2D eigenvalue weighted by Gasteiger charge is -2.12. The maximum atomic E-state index is 12.1. The monoisotopic (exact) mass is 328 g/mol. The molecule has 0 aromatic heterocycles. The van der Waals surface area contributed by atoms with Crippen LogP contribution in [-0.4, -0.2) is 22.8 Å². The van der Waals surface area contributed by atoms with E-state index in [-0.39, 0.29) is 22.8 Å². The predicted octanol–water partition coefficient (Wildman–Crippen LogP) is 3.69. The van der Waals surface area contributed by atoms with Gasteiger partial charge in [0.15, 0.2) is 0 Å². The predicted molar refractivity (Wildman–Crippen MR) is 96.8 cm³/mol. The molecule has 0 fully saturated rings. The molecule has 0 radical (unpaired) electrons. The van der Waals surface area contributed by atoms with Crippen molar-refractivity contribution in [3.8, 4) is 0 Å². The topological polar surface area (TPSA) is 58.2 Å². The molecule has 2 amide bonds. The summed E-state index contributed by atoms with van der Waals surface area (Å²) in [6, 6.07) is 16.9. The molecule has 120 valence electrons. The number of nitrogens with one attached hydrogen (secondary N) is 2. The third kappa shape index (κ3) is 5.79. The fourth-order valence-corrected chi connectivity index (χ4v) is 2.56. The Morgan fingerprint density at radius 1 is 0.957 bits per heavy atom. The van der Waals surface area contributed by atoms with Crippen molar-refractivity contribution in [2.45, 2.75) is 19.1 Å². The second-order valence-corrected chi connectivity index (χ2v) is 6.55. The molecule has 0 heterocycles. The van der Waals surface area contributed by atoms with E-state index in [0.717, 1.165) is 16.9 Å². The largest absolute Gasteiger partial charge is 0.325 e. The van der Waals surface area contributed by atoms with Gasteiger partial charge in [-0.1, -0.05) is 35.9 Å². The number of rotatable bonds is 6. The van der Waals surface area contributed by atoms with Gasteiger partial charge in [0.05, 0.1) is 11.0 Å². The van der Waals surface area contributed by atoms with E-state index >= 15 is 0 Å². The maximum Gasteiger partial charge on any atom is 0.237 e. The van der Waals surface area contributed by atoms with Gasteiger partial charge in [-0.2, -0.15) is 0 Å². The summed E-state index contributed by atoms with van der Waals surface area (Å²) in [7, 11) is 0. The molecular formula is C18H20N2O2S. The molecule has 2 aromatic rings. The van der Waals surface area contributed by atoms with Crippen LogP contribution in [0.3, 0.4) is 0 Å². The Morgan fingerprint density at radius 3 is 2.22 bits per heavy atom. The zero-order valence-electron chi connectivity index (χ0n) is 13.2. The summed E-state index contributed by atoms with van der Waals surface area (Å²) in [6.07, 6.45) is 0. The minimum Gasteiger partial charge on any atom is -0.325 e. The van der Waals surface area contributed by atoms with E-state index in [1.807, 2.05) is 61.5 Å². The second kappa shape index (κ2) is 8.39. The van der Waals surface area contributed by atoms with E-state index in [9.17, 15) is 9.59 Å². The molecule has 0 saturated carbocycles. The van der Waals surface area contributed by atoms with Crippen molar-refractivity contribution in [2.75, 3.05) is 16.4 Å². The smallest absolute Gasteiger partial charge is 0.237 e. The summed E-state index contributed by atoms with van der Waals surface area (Å²) in [5.41, 5.74) is 2.67. The van der Waals surface area contributed by atoms with Crippen molar-refractivity contribution in [1.82, 2.24) is 0 Å². The number of amides is 2. The van der Waals surface area contributed by atoms with Gasteiger partial charge in [0.25, 0.3) is 0 Å². The summed E-state index contributed by atoms with van der Waals surface area (Å²) in [4.78, 5) is 24.0. The van der Waals surface area contributed by atoms with Crippen LogP contribution in [0.1, 0.15) is 12.5 Å². The van der Waals surface area contributed by atoms with Gasteiger partial charge >= 0.3 is 0 Å². The first-order chi connectivity index (χ1) is 11.0. The fraction of sp³-hybridized carbons (Fsp3) is 0.222. The lowest BCUT2D eigenvalue weighted by atomic mass is 10.2. The Bertz CT molecular complexity index is 656. The number of aryl methyl sites for hydroxylation is 1. The Labute approximate surface area is 140 Å². The molecule has 5 heteroatoms. The number of para-hydroxylation sites is 1. The van der Waals surface area contributed by atoms with Gasteiger partial charge in [-0.3, -0.25) is 9.59 Å². The minimum atomic E-state index is -0.307. The zero-order chi connectivity index (χ0) is 16.7. The van der Waals surface area contributed by atoms with Gasteiger partial charge in [-0.15, -0.1) is 11.8 Å². The molecule has 0 bridgehead atoms. The molecule has 0 aliphatic carbocycles. The molecule has 0 aliphatic heterocycles. The summed E-state index contributed by atoms with van der Waals surface area (Å²) < 4.78 is 0. The molecule has 23 heavy (non-hydrogen) atoms. The molecule has 2 rings (SSSR count). The molecule has 4 nitrogen and oxygen atoms in total. The highest BCUT2D eigenvalue weighted by Crippen LogP contribution is 2.15. The SMILES string of the molecule is Cc1ccc(NC(=O)CS[C@H](C)C(=O)Nc2ccccc2)cc1. The lowest BCUT2D eigenvalue weighted by Crippen LogP contribution is -2.25. The van der Waals surface area contributed by atoms with Crippen LogP contribution in [0.4, 0.5) is 11.4 Å². The molecule has 2 aromatic carbocycles. The standard InChI is InChI=1S/C18H20N2O2S/c1-13-8-10-16(11-9-13)19-17(21)12-23-14(2)18(22)20-15-6-4-3-5-7-15/h3-11,14H,12H2,1-2H3,(H,19,21)(H,20,22)/t14-/m1/s1. The van der Waals surface area contributed by atoms with Gasteiger partial charge in [-0.05, 0) is 38.1 Å². The second-order valence-electron chi connectivity index (χ2n) is 5.22. The van der Waals surface area contributed by atoms with E-state index in [2.05, 4.69) is 10.6 Å². The number of anilines is 2. The van der Waals surface area contributed by atoms with Crippen molar-refractivity contribution in [2.24, 2.45) is 0 Å². The Hall–Kier alpha value is -2.27. The number of carbonyl (C=O) groups excluding carboxylic acids is 2. The van der Waals surface area contributed by atoms with E-state index in [1.165, 1.54) is 11.8 Å². The highest BCUT2D eigenvalue weighted by Gasteiger charge is 2.15. The normalized spacial score (nSPS) is 11.6. The number of hydrogen-bond acceptors (Lipinski definition) is 3. The van der Waals surface area contributed by atoms with Crippen LogP contribution in [0.25, 0.3) is 0 Å². The average molecular weight is 328 g/mol. The van der Waals surface area contributed by atoms with Gasteiger partial charge in [-0.25, -0.2) is 0 Å². The summed E-state index contributed by atoms with van der Waals surface area (Å²) in [6.45, 7) is 3.79. The van der Waals surface area contributed by atoms with Crippen molar-refractivity contribution in [1.29, 1.82) is 0 Å². The van der Waals surface area contributed by atoms with Crippen molar-refractivity contribution in [3.63, 3.8) is 0 Å². The third-order valence-electron chi connectivity index (χ3n) is 3.21. The van der Waals surface area contributed by atoms with Crippen LogP contribution < -0.4 is 10.6 Å². The molecule has 2 N–H and O–H groups in total. The van der Waals surface area contributed by atoms with E-state index in [0.29, 0.717) is 0 Å². The lowest BCUT2D eigenvalue weighted by molar-refractivity contribution is -0.115. The number of carbonyl (C=O) groups is 2. The first kappa shape index (κ1) is 17.1. The molecule has 0 aliphatic rings. The van der Waals surface area contributed by atoms with E-state index < -0.39 is 0 Å². The Morgan fingerprint density at radius 2 is 1.57 bits per heavy atom. The van der Waals surface area contributed by atoms with Crippen LogP contribution in [-0.2, 0) is 9.59 Å². The van der Waals surface area contributed by atoms with Gasteiger partial charge in [0.2, 0.25) is 11.8 Å². The van der Waals surface area contributed by atoms with Gasteiger partial charge in [0, 0.05) is 11.4 Å². The third-order valence-corrected chi connectivity index (χ3v) is 4.35. The molecule has 0 unspecified atom stereocenters. The summed E-state index contributed by atoms with van der Waals surface area (Å²) >= 11 is 1.31. The van der Waals surface area contributed by atoms with Crippen LogP contribution in [0.2, 0.25) is 0 Å². The van der Waals surface area contributed by atoms with Crippen molar-refractivity contribution in [3.05, 3.63) is 60.2 Å². The molecule has 0 saturated heterocycles. The van der Waals surface area contributed by atoms with Crippen molar-refractivity contribution < 1.29 is 9.59 Å². The molecule has 0 spiro atoms. The fourth-order valence-electron chi connectivity index (χ4n) is 1.88. The van der Waals surface area contributed by atoms with E-state index in [1.54, 1.807) is 6.92 Å². The first-order valence-corrected chi connectivity index (χ1v) is 8.43.